The Kier molecular flexibility index (Phi) is 9.70. The fourth-order valence-corrected chi connectivity index (χ4v) is 1.69. The third-order valence-corrected chi connectivity index (χ3v) is 3.28. The zero-order valence-corrected chi connectivity index (χ0v) is 14.8. The molecular weight excluding hydrogens is 408 g/mol. The van der Waals surface area contributed by atoms with E-state index in [4.69, 9.17) is 4.74 Å². The van der Waals surface area contributed by atoms with Crippen LogP contribution in [-0.2, 0) is 19.1 Å². The molecule has 1 atom stereocenters. The maximum Gasteiger partial charge on any atom is 0.381 e. The Bertz CT molecular complexity index is 595. The van der Waals surface area contributed by atoms with E-state index in [2.05, 4.69) is 16.6 Å². The van der Waals surface area contributed by atoms with Gasteiger partial charge in [0.25, 0.3) is 0 Å². The Morgan fingerprint density at radius 1 is 1.00 bits per heavy atom. The molecule has 0 N–H and O–H groups in total. The number of ether oxygens (including phenoxy) is 2. The Hall–Kier alpha value is -2.06. The molecule has 0 aromatic heterocycles. The van der Waals surface area contributed by atoms with Gasteiger partial charge in [-0.05, 0) is 19.8 Å². The molecular formula is C16H18F8O4. The second-order valence-electron chi connectivity index (χ2n) is 5.50. The van der Waals surface area contributed by atoms with Gasteiger partial charge in [-0.2, -0.15) is 26.3 Å². The van der Waals surface area contributed by atoms with Gasteiger partial charge in [-0.3, -0.25) is 9.59 Å². The summed E-state index contributed by atoms with van der Waals surface area (Å²) < 4.78 is 110. The summed E-state index contributed by atoms with van der Waals surface area (Å²) in [4.78, 5) is 22.7. The summed E-state index contributed by atoms with van der Waals surface area (Å²) in [7, 11) is 0. The second kappa shape index (κ2) is 10.5. The minimum atomic E-state index is -6.45. The second-order valence-corrected chi connectivity index (χ2v) is 5.50. The van der Waals surface area contributed by atoms with Crippen molar-refractivity contribution >= 4 is 11.9 Å². The minimum absolute atomic E-state index is 0.275. The van der Waals surface area contributed by atoms with Gasteiger partial charge in [0.15, 0.2) is 12.7 Å². The zero-order valence-electron chi connectivity index (χ0n) is 14.8. The summed E-state index contributed by atoms with van der Waals surface area (Å²) in [6.45, 7) is 0.672. The minimum Gasteiger partial charge on any atom is -0.459 e. The standard InChI is InChI=1S/C16H18F8O4/c1-3-6-10(4-2)28-12(26)8-5-7-11(25)27-9-14(19,20)16(23,24)15(21,22)13(17)18/h10,13H,4-5,7-9H2,1-2H3. The summed E-state index contributed by atoms with van der Waals surface area (Å²) in [5.41, 5.74) is 0. The molecule has 0 saturated heterocycles. The fraction of sp³-hybridized carbons (Fsp3) is 0.750. The van der Waals surface area contributed by atoms with Crippen molar-refractivity contribution in [1.29, 1.82) is 0 Å². The highest BCUT2D eigenvalue weighted by Gasteiger charge is 2.75. The van der Waals surface area contributed by atoms with Crippen molar-refractivity contribution in [1.82, 2.24) is 0 Å². The number of hydrogen-bond donors (Lipinski definition) is 0. The van der Waals surface area contributed by atoms with Crippen molar-refractivity contribution in [2.75, 3.05) is 6.61 Å². The molecule has 0 aliphatic rings. The lowest BCUT2D eigenvalue weighted by molar-refractivity contribution is -0.344. The van der Waals surface area contributed by atoms with Crippen LogP contribution in [0.4, 0.5) is 35.1 Å². The Morgan fingerprint density at radius 3 is 2.00 bits per heavy atom. The van der Waals surface area contributed by atoms with Crippen LogP contribution in [0.1, 0.15) is 39.5 Å². The van der Waals surface area contributed by atoms with Crippen LogP contribution in [0.15, 0.2) is 0 Å². The van der Waals surface area contributed by atoms with Crippen LogP contribution in [0.5, 0.6) is 0 Å². The molecule has 1 unspecified atom stereocenters. The van der Waals surface area contributed by atoms with Crippen LogP contribution >= 0.6 is 0 Å². The van der Waals surface area contributed by atoms with Gasteiger partial charge in [0, 0.05) is 12.8 Å². The zero-order chi connectivity index (χ0) is 22.2. The molecule has 12 heteroatoms. The van der Waals surface area contributed by atoms with E-state index in [0.29, 0.717) is 6.42 Å². The highest BCUT2D eigenvalue weighted by atomic mass is 19.4. The first-order valence-electron chi connectivity index (χ1n) is 7.91. The van der Waals surface area contributed by atoms with Crippen LogP contribution in [0, 0.1) is 11.8 Å². The topological polar surface area (TPSA) is 52.6 Å². The molecule has 0 aliphatic carbocycles. The number of rotatable bonds is 11. The quantitative estimate of drug-likeness (QED) is 0.282. The van der Waals surface area contributed by atoms with E-state index in [-0.39, 0.29) is 12.8 Å². The first kappa shape index (κ1) is 25.9. The maximum atomic E-state index is 13.2. The van der Waals surface area contributed by atoms with Crippen LogP contribution < -0.4 is 0 Å². The maximum absolute atomic E-state index is 13.2. The first-order valence-corrected chi connectivity index (χ1v) is 7.91. The summed E-state index contributed by atoms with van der Waals surface area (Å²) in [5, 5.41) is 0. The number of carbonyl (C=O) groups is 2. The number of hydrogen-bond acceptors (Lipinski definition) is 4. The van der Waals surface area contributed by atoms with Gasteiger partial charge in [-0.1, -0.05) is 12.8 Å². The molecule has 0 radical (unpaired) electrons. The number of halogens is 8. The average Bonchev–Trinajstić information content (AvgIpc) is 2.59. The Morgan fingerprint density at radius 2 is 1.54 bits per heavy atom. The van der Waals surface area contributed by atoms with Gasteiger partial charge in [-0.25, -0.2) is 8.78 Å². The lowest BCUT2D eigenvalue weighted by Gasteiger charge is -2.31. The molecule has 0 spiro atoms. The normalized spacial score (nSPS) is 13.5. The van der Waals surface area contributed by atoms with Gasteiger partial charge in [0.05, 0.1) is 0 Å². The van der Waals surface area contributed by atoms with Crippen LogP contribution in [0.3, 0.4) is 0 Å². The van der Waals surface area contributed by atoms with E-state index in [1.54, 1.807) is 6.92 Å². The van der Waals surface area contributed by atoms with Gasteiger partial charge < -0.3 is 9.47 Å². The smallest absolute Gasteiger partial charge is 0.381 e. The third-order valence-electron chi connectivity index (χ3n) is 3.28. The van der Waals surface area contributed by atoms with E-state index in [9.17, 15) is 44.7 Å². The van der Waals surface area contributed by atoms with Gasteiger partial charge in [0.2, 0.25) is 0 Å². The summed E-state index contributed by atoms with van der Waals surface area (Å²) in [6.07, 6.45) is -6.67. The molecule has 0 heterocycles. The SMILES string of the molecule is CC#CC(CC)OC(=O)CCCC(=O)OCC(F)(F)C(F)(F)C(F)(F)C(F)F. The van der Waals surface area contributed by atoms with Crippen LogP contribution in [-0.4, -0.2) is 48.8 Å². The lowest BCUT2D eigenvalue weighted by atomic mass is 10.1. The third kappa shape index (κ3) is 6.83. The van der Waals surface area contributed by atoms with Crippen molar-refractivity contribution in [2.45, 2.75) is 69.8 Å². The van der Waals surface area contributed by atoms with E-state index in [0.717, 1.165) is 0 Å². The fourth-order valence-electron chi connectivity index (χ4n) is 1.69. The van der Waals surface area contributed by atoms with Crippen LogP contribution in [0.25, 0.3) is 0 Å². The predicted octanol–water partition coefficient (Wildman–Crippen LogP) is 4.22. The highest BCUT2D eigenvalue weighted by molar-refractivity contribution is 5.72. The van der Waals surface area contributed by atoms with E-state index in [1.165, 1.54) is 6.92 Å². The molecule has 162 valence electrons. The molecule has 0 amide bonds. The number of alkyl halides is 8. The van der Waals surface area contributed by atoms with Gasteiger partial charge >= 0.3 is 36.1 Å². The van der Waals surface area contributed by atoms with Crippen molar-refractivity contribution in [3.8, 4) is 11.8 Å². The molecule has 0 rings (SSSR count). The van der Waals surface area contributed by atoms with Crippen LogP contribution in [0.2, 0.25) is 0 Å². The number of carbonyl (C=O) groups excluding carboxylic acids is 2. The van der Waals surface area contributed by atoms with Crippen molar-refractivity contribution in [2.24, 2.45) is 0 Å². The Labute approximate surface area is 155 Å². The molecule has 4 nitrogen and oxygen atoms in total. The summed E-state index contributed by atoms with van der Waals surface area (Å²) >= 11 is 0. The van der Waals surface area contributed by atoms with Gasteiger partial charge in [-0.15, -0.1) is 5.92 Å². The van der Waals surface area contributed by atoms with E-state index in [1.807, 2.05) is 0 Å². The Balaban J connectivity index is 4.54. The largest absolute Gasteiger partial charge is 0.459 e. The molecule has 0 bridgehead atoms. The first-order chi connectivity index (χ1) is 12.7. The lowest BCUT2D eigenvalue weighted by Crippen LogP contribution is -2.59. The molecule has 0 aliphatic heterocycles. The van der Waals surface area contributed by atoms with Gasteiger partial charge in [0.1, 0.15) is 0 Å². The number of esters is 2. The molecule has 28 heavy (non-hydrogen) atoms. The highest BCUT2D eigenvalue weighted by Crippen LogP contribution is 2.48. The van der Waals surface area contributed by atoms with E-state index >= 15 is 0 Å². The van der Waals surface area contributed by atoms with Crippen molar-refractivity contribution < 1.29 is 54.2 Å². The molecule has 0 saturated carbocycles. The molecule has 0 aromatic rings. The average molecular weight is 426 g/mol. The monoisotopic (exact) mass is 426 g/mol. The predicted molar refractivity (Wildman–Crippen MR) is 79.3 cm³/mol. The van der Waals surface area contributed by atoms with Crippen molar-refractivity contribution in [3.05, 3.63) is 0 Å². The molecule has 0 aromatic carbocycles. The van der Waals surface area contributed by atoms with Crippen molar-refractivity contribution in [3.63, 3.8) is 0 Å². The summed E-state index contributed by atoms with van der Waals surface area (Å²) in [6, 6.07) is 0. The summed E-state index contributed by atoms with van der Waals surface area (Å²) in [5.74, 6) is -15.7. The van der Waals surface area contributed by atoms with E-state index < -0.39 is 55.3 Å². The molecule has 0 fully saturated rings.